The van der Waals surface area contributed by atoms with Gasteiger partial charge in [-0.25, -0.2) is 0 Å². The highest BCUT2D eigenvalue weighted by Gasteiger charge is 2.25. The molecule has 0 aliphatic heterocycles. The van der Waals surface area contributed by atoms with E-state index in [1.165, 1.54) is 0 Å². The normalized spacial score (nSPS) is 15.1. The van der Waals surface area contributed by atoms with E-state index in [-0.39, 0.29) is 16.9 Å². The molecule has 1 unspecified atom stereocenters. The maximum Gasteiger partial charge on any atom is 0.234 e. The largest absolute Gasteiger partial charge is 0.327 e. The second-order valence-corrected chi connectivity index (χ2v) is 8.18. The summed E-state index contributed by atoms with van der Waals surface area (Å²) < 4.78 is 1.86. The van der Waals surface area contributed by atoms with Crippen LogP contribution in [0.1, 0.15) is 52.4 Å². The predicted octanol–water partition coefficient (Wildman–Crippen LogP) is 2.40. The van der Waals surface area contributed by atoms with Crippen LogP contribution in [0.2, 0.25) is 0 Å². The van der Waals surface area contributed by atoms with Crippen molar-refractivity contribution in [1.82, 2.24) is 19.8 Å². The summed E-state index contributed by atoms with van der Waals surface area (Å²) in [6, 6.07) is 0.0920. The van der Waals surface area contributed by atoms with Gasteiger partial charge >= 0.3 is 0 Å². The van der Waals surface area contributed by atoms with Gasteiger partial charge in [-0.05, 0) is 5.41 Å². The minimum atomic E-state index is -0.0586. The molecule has 2 aromatic rings. The highest BCUT2D eigenvalue weighted by atomic mass is 32.1. The zero-order valence-corrected chi connectivity index (χ0v) is 13.4. The molecule has 2 heterocycles. The van der Waals surface area contributed by atoms with E-state index in [0.29, 0.717) is 0 Å². The van der Waals surface area contributed by atoms with Crippen molar-refractivity contribution in [2.45, 2.75) is 59.4 Å². The number of fused-ring (bicyclic) bond motifs is 1. The maximum absolute atomic E-state index is 6.22. The van der Waals surface area contributed by atoms with Crippen LogP contribution in [0.25, 0.3) is 4.96 Å². The quantitative estimate of drug-likeness (QED) is 0.917. The first-order valence-electron chi connectivity index (χ1n) is 6.56. The van der Waals surface area contributed by atoms with Gasteiger partial charge < -0.3 is 5.73 Å². The van der Waals surface area contributed by atoms with Gasteiger partial charge in [0.05, 0.1) is 0 Å². The Labute approximate surface area is 118 Å². The molecule has 0 aromatic carbocycles. The van der Waals surface area contributed by atoms with E-state index >= 15 is 0 Å². The van der Waals surface area contributed by atoms with Crippen molar-refractivity contribution in [2.75, 3.05) is 0 Å². The third-order valence-corrected chi connectivity index (χ3v) is 4.13. The average molecular weight is 281 g/mol. The maximum atomic E-state index is 6.22. The summed E-state index contributed by atoms with van der Waals surface area (Å²) in [5.74, 6) is 0.898. The number of rotatable bonds is 2. The second kappa shape index (κ2) is 4.52. The second-order valence-electron chi connectivity index (χ2n) is 7.14. The Kier molecular flexibility index (Phi) is 3.43. The molecule has 19 heavy (non-hydrogen) atoms. The van der Waals surface area contributed by atoms with Crippen molar-refractivity contribution in [1.29, 1.82) is 0 Å². The minimum absolute atomic E-state index is 0.0586. The SMILES string of the molecule is CC(C)(C)c1nnc2sc(CC(N)C(C)(C)C)nn12. The van der Waals surface area contributed by atoms with Crippen molar-refractivity contribution in [3.63, 3.8) is 0 Å². The highest BCUT2D eigenvalue weighted by Crippen LogP contribution is 2.26. The van der Waals surface area contributed by atoms with Crippen molar-refractivity contribution in [2.24, 2.45) is 11.1 Å². The van der Waals surface area contributed by atoms with E-state index in [2.05, 4.69) is 56.8 Å². The fourth-order valence-corrected chi connectivity index (χ4v) is 2.59. The first kappa shape index (κ1) is 14.4. The van der Waals surface area contributed by atoms with Gasteiger partial charge in [0.15, 0.2) is 5.82 Å². The van der Waals surface area contributed by atoms with E-state index in [9.17, 15) is 0 Å². The molecule has 6 heteroatoms. The molecule has 2 aromatic heterocycles. The van der Waals surface area contributed by atoms with Gasteiger partial charge in [-0.2, -0.15) is 9.61 Å². The summed E-state index contributed by atoms with van der Waals surface area (Å²) in [7, 11) is 0. The first-order chi connectivity index (χ1) is 8.59. The molecule has 0 spiro atoms. The van der Waals surface area contributed by atoms with Crippen LogP contribution in [-0.4, -0.2) is 25.9 Å². The Morgan fingerprint density at radius 1 is 1.16 bits per heavy atom. The molecule has 1 atom stereocenters. The van der Waals surface area contributed by atoms with Crippen LogP contribution in [-0.2, 0) is 11.8 Å². The number of nitrogens with zero attached hydrogens (tertiary/aromatic N) is 4. The number of hydrogen-bond donors (Lipinski definition) is 1. The molecule has 5 nitrogen and oxygen atoms in total. The Morgan fingerprint density at radius 3 is 2.32 bits per heavy atom. The smallest absolute Gasteiger partial charge is 0.234 e. The van der Waals surface area contributed by atoms with E-state index in [4.69, 9.17) is 5.73 Å². The van der Waals surface area contributed by atoms with Crippen molar-refractivity contribution >= 4 is 16.3 Å². The summed E-state index contributed by atoms with van der Waals surface area (Å²) in [6.07, 6.45) is 0.779. The highest BCUT2D eigenvalue weighted by molar-refractivity contribution is 7.16. The van der Waals surface area contributed by atoms with E-state index in [0.717, 1.165) is 22.2 Å². The van der Waals surface area contributed by atoms with Gasteiger partial charge in [-0.15, -0.1) is 10.2 Å². The molecule has 0 radical (unpaired) electrons. The van der Waals surface area contributed by atoms with E-state index < -0.39 is 0 Å². The lowest BCUT2D eigenvalue weighted by Gasteiger charge is -2.25. The van der Waals surface area contributed by atoms with Crippen molar-refractivity contribution < 1.29 is 0 Å². The standard InChI is InChI=1S/C13H23N5S/c1-12(2,3)8(14)7-9-17-18-10(13(4,5)6)15-16-11(18)19-9/h8H,7,14H2,1-6H3. The number of nitrogens with two attached hydrogens (primary N) is 1. The number of aromatic nitrogens is 4. The van der Waals surface area contributed by atoms with Crippen molar-refractivity contribution in [3.05, 3.63) is 10.8 Å². The summed E-state index contributed by atoms with van der Waals surface area (Å²) >= 11 is 1.58. The summed E-state index contributed by atoms with van der Waals surface area (Å²) in [5, 5.41) is 14.1. The zero-order chi connectivity index (χ0) is 14.4. The summed E-state index contributed by atoms with van der Waals surface area (Å²) in [6.45, 7) is 12.8. The lowest BCUT2D eigenvalue weighted by atomic mass is 9.86. The zero-order valence-electron chi connectivity index (χ0n) is 12.6. The van der Waals surface area contributed by atoms with Crippen LogP contribution >= 0.6 is 11.3 Å². The monoisotopic (exact) mass is 281 g/mol. The molecule has 0 aliphatic carbocycles. The van der Waals surface area contributed by atoms with Gasteiger partial charge in [0.2, 0.25) is 4.96 Å². The predicted molar refractivity (Wildman–Crippen MR) is 78.5 cm³/mol. The minimum Gasteiger partial charge on any atom is -0.327 e. The Bertz CT molecular complexity index is 570. The van der Waals surface area contributed by atoms with Crippen LogP contribution < -0.4 is 5.73 Å². The van der Waals surface area contributed by atoms with Gasteiger partial charge in [0.25, 0.3) is 0 Å². The van der Waals surface area contributed by atoms with Crippen LogP contribution in [0.5, 0.6) is 0 Å². The molecule has 0 aliphatic rings. The topological polar surface area (TPSA) is 69.1 Å². The van der Waals surface area contributed by atoms with Gasteiger partial charge in [-0.1, -0.05) is 52.9 Å². The van der Waals surface area contributed by atoms with Crippen LogP contribution in [0, 0.1) is 5.41 Å². The van der Waals surface area contributed by atoms with Crippen LogP contribution in [0.15, 0.2) is 0 Å². The lowest BCUT2D eigenvalue weighted by molar-refractivity contribution is 0.317. The third kappa shape index (κ3) is 2.95. The molecule has 0 saturated heterocycles. The number of hydrogen-bond acceptors (Lipinski definition) is 5. The summed E-state index contributed by atoms with van der Waals surface area (Å²) in [4.78, 5) is 0.848. The van der Waals surface area contributed by atoms with Gasteiger partial charge in [0.1, 0.15) is 5.01 Å². The average Bonchev–Trinajstić information content (AvgIpc) is 2.72. The van der Waals surface area contributed by atoms with E-state index in [1.807, 2.05) is 4.52 Å². The fourth-order valence-electron chi connectivity index (χ4n) is 1.70. The third-order valence-electron chi connectivity index (χ3n) is 3.21. The van der Waals surface area contributed by atoms with E-state index in [1.54, 1.807) is 11.3 Å². The summed E-state index contributed by atoms with van der Waals surface area (Å²) in [5.41, 5.74) is 6.24. The van der Waals surface area contributed by atoms with Crippen LogP contribution in [0.4, 0.5) is 0 Å². The Morgan fingerprint density at radius 2 is 1.79 bits per heavy atom. The lowest BCUT2D eigenvalue weighted by Crippen LogP contribution is -2.36. The van der Waals surface area contributed by atoms with Gasteiger partial charge in [0, 0.05) is 17.9 Å². The molecular weight excluding hydrogens is 258 g/mol. The molecule has 0 fully saturated rings. The molecule has 2 rings (SSSR count). The molecule has 0 bridgehead atoms. The Balaban J connectivity index is 2.31. The fraction of sp³-hybridized carbons (Fsp3) is 0.769. The molecular formula is C13H23N5S. The van der Waals surface area contributed by atoms with Crippen molar-refractivity contribution in [3.8, 4) is 0 Å². The molecule has 0 amide bonds. The molecule has 2 N–H and O–H groups in total. The van der Waals surface area contributed by atoms with Crippen LogP contribution in [0.3, 0.4) is 0 Å². The first-order valence-corrected chi connectivity index (χ1v) is 7.38. The molecule has 106 valence electrons. The molecule has 0 saturated carbocycles. The van der Waals surface area contributed by atoms with Gasteiger partial charge in [-0.3, -0.25) is 0 Å². The Hall–Kier alpha value is -1.01.